The summed E-state index contributed by atoms with van der Waals surface area (Å²) < 4.78 is 30.1. The minimum Gasteiger partial charge on any atom is -0.369 e. The van der Waals surface area contributed by atoms with Gasteiger partial charge in [0, 0.05) is 12.1 Å². The number of carbonyl (C=O) groups excluding carboxylic acids is 1. The van der Waals surface area contributed by atoms with E-state index in [2.05, 4.69) is 25.7 Å². The van der Waals surface area contributed by atoms with Gasteiger partial charge in [0.1, 0.15) is 29.0 Å². The van der Waals surface area contributed by atoms with Crippen molar-refractivity contribution in [3.8, 4) is 11.5 Å². The molecule has 3 aromatic heterocycles. The smallest absolute Gasteiger partial charge is 0.235 e. The molecule has 1 aromatic carbocycles. The van der Waals surface area contributed by atoms with Gasteiger partial charge in [0.25, 0.3) is 0 Å². The summed E-state index contributed by atoms with van der Waals surface area (Å²) in [6.07, 6.45) is 3.41. The Morgan fingerprint density at radius 3 is 2.77 bits per heavy atom. The van der Waals surface area contributed by atoms with Crippen LogP contribution >= 0.6 is 0 Å². The monoisotopic (exact) mass is 475 g/mol. The molecule has 0 bridgehead atoms. The molecule has 2 aliphatic rings. The predicted molar refractivity (Wildman–Crippen MR) is 127 cm³/mol. The third kappa shape index (κ3) is 3.69. The maximum atomic E-state index is 14.3. The van der Waals surface area contributed by atoms with Gasteiger partial charge in [-0.05, 0) is 44.7 Å². The van der Waals surface area contributed by atoms with Gasteiger partial charge < -0.3 is 10.6 Å². The van der Waals surface area contributed by atoms with Crippen molar-refractivity contribution in [2.75, 3.05) is 17.2 Å². The van der Waals surface area contributed by atoms with Crippen LogP contribution in [-0.2, 0) is 16.8 Å². The number of nitrogens with zero attached hydrogens (tertiary/aromatic N) is 5. The lowest BCUT2D eigenvalue weighted by Gasteiger charge is -2.19. The molecule has 178 valence electrons. The van der Waals surface area contributed by atoms with Crippen LogP contribution in [0.3, 0.4) is 0 Å². The van der Waals surface area contributed by atoms with Gasteiger partial charge >= 0.3 is 0 Å². The Kier molecular flexibility index (Phi) is 4.80. The van der Waals surface area contributed by atoms with Crippen LogP contribution in [-0.4, -0.2) is 37.2 Å². The minimum atomic E-state index is -0.806. The van der Waals surface area contributed by atoms with Gasteiger partial charge in [0.15, 0.2) is 11.5 Å². The van der Waals surface area contributed by atoms with Gasteiger partial charge in [0.2, 0.25) is 5.91 Å². The second kappa shape index (κ2) is 7.79. The fourth-order valence-corrected chi connectivity index (χ4v) is 4.41. The molecule has 2 N–H and O–H groups in total. The van der Waals surface area contributed by atoms with E-state index >= 15 is 0 Å². The zero-order valence-electron chi connectivity index (χ0n) is 19.3. The lowest BCUT2D eigenvalue weighted by atomic mass is 9.87. The predicted octanol–water partition coefficient (Wildman–Crippen LogP) is 4.27. The van der Waals surface area contributed by atoms with Crippen LogP contribution in [0.2, 0.25) is 0 Å². The number of anilines is 2. The van der Waals surface area contributed by atoms with Gasteiger partial charge in [-0.15, -0.1) is 0 Å². The molecule has 0 spiro atoms. The fraction of sp³-hybridized carbons (Fsp3) is 0.320. The first-order valence-electron chi connectivity index (χ1n) is 11.5. The molecular formula is C25H23F2N7O. The molecule has 4 aromatic rings. The van der Waals surface area contributed by atoms with Crippen molar-refractivity contribution in [1.82, 2.24) is 24.7 Å². The molecule has 35 heavy (non-hydrogen) atoms. The molecule has 1 amide bonds. The molecule has 1 aliphatic carbocycles. The molecule has 4 heterocycles. The van der Waals surface area contributed by atoms with Crippen molar-refractivity contribution in [2.24, 2.45) is 5.92 Å². The molecule has 1 fully saturated rings. The van der Waals surface area contributed by atoms with E-state index in [9.17, 15) is 13.6 Å². The normalized spacial score (nSPS) is 16.4. The number of halogens is 2. The first-order chi connectivity index (χ1) is 16.8. The van der Waals surface area contributed by atoms with Gasteiger partial charge in [-0.2, -0.15) is 5.10 Å². The second-order valence-electron chi connectivity index (χ2n) is 9.65. The first-order valence-corrected chi connectivity index (χ1v) is 11.5. The van der Waals surface area contributed by atoms with Crippen molar-refractivity contribution in [3.05, 3.63) is 59.3 Å². The van der Waals surface area contributed by atoms with E-state index in [1.54, 1.807) is 18.2 Å². The van der Waals surface area contributed by atoms with Crippen LogP contribution in [0.15, 0.2) is 36.5 Å². The minimum absolute atomic E-state index is 0.100. The van der Waals surface area contributed by atoms with E-state index in [0.717, 1.165) is 25.6 Å². The standard InChI is InChI=1S/C25H23F2N7O/c1-25(2)18-20(28-10-13-7-8-13)30-22(31-21(18)32-24(25)35)19-16-9-15(26)11-29-23(16)34(33-19)12-14-5-3-4-6-17(14)27/h3-6,9,11,13H,7-8,10,12H2,1-2H3,(H2,28,30,31,32,35). The van der Waals surface area contributed by atoms with Gasteiger partial charge in [0.05, 0.1) is 29.1 Å². The average Bonchev–Trinajstić information content (AvgIpc) is 3.54. The lowest BCUT2D eigenvalue weighted by Crippen LogP contribution is -2.28. The summed E-state index contributed by atoms with van der Waals surface area (Å²) >= 11 is 0. The van der Waals surface area contributed by atoms with Crippen molar-refractivity contribution in [1.29, 1.82) is 0 Å². The average molecular weight is 476 g/mol. The maximum absolute atomic E-state index is 14.3. The Hall–Kier alpha value is -3.95. The number of hydrogen-bond donors (Lipinski definition) is 2. The molecule has 10 heteroatoms. The molecule has 0 radical (unpaired) electrons. The molecule has 1 saturated carbocycles. The number of amides is 1. The largest absolute Gasteiger partial charge is 0.369 e. The van der Waals surface area contributed by atoms with Gasteiger partial charge in [-0.25, -0.2) is 28.4 Å². The van der Waals surface area contributed by atoms with E-state index < -0.39 is 11.2 Å². The SMILES string of the molecule is CC1(C)C(=O)Nc2nc(-c3nn(Cc4ccccc4F)c4ncc(F)cc34)nc(NCC3CC3)c21. The lowest BCUT2D eigenvalue weighted by molar-refractivity contribution is -0.119. The number of rotatable bonds is 6. The van der Waals surface area contributed by atoms with E-state index in [4.69, 9.17) is 4.98 Å². The number of fused-ring (bicyclic) bond motifs is 2. The molecule has 1 aliphatic heterocycles. The summed E-state index contributed by atoms with van der Waals surface area (Å²) in [5, 5.41) is 11.3. The van der Waals surface area contributed by atoms with Gasteiger partial charge in [-0.3, -0.25) is 4.79 Å². The number of hydrogen-bond acceptors (Lipinski definition) is 6. The topological polar surface area (TPSA) is 97.6 Å². The molecule has 0 atom stereocenters. The van der Waals surface area contributed by atoms with Crippen molar-refractivity contribution in [2.45, 2.75) is 38.6 Å². The third-order valence-electron chi connectivity index (χ3n) is 6.63. The Labute approximate surface area is 199 Å². The van der Waals surface area contributed by atoms with Crippen LogP contribution in [0.25, 0.3) is 22.6 Å². The number of pyridine rings is 1. The highest BCUT2D eigenvalue weighted by Gasteiger charge is 2.43. The second-order valence-corrected chi connectivity index (χ2v) is 9.65. The zero-order valence-corrected chi connectivity index (χ0v) is 19.3. The quantitative estimate of drug-likeness (QED) is 0.432. The molecular weight excluding hydrogens is 452 g/mol. The number of aromatic nitrogens is 5. The summed E-state index contributed by atoms with van der Waals surface area (Å²) in [6, 6.07) is 7.71. The Bertz CT molecular complexity index is 1490. The molecule has 6 rings (SSSR count). The highest BCUT2D eigenvalue weighted by atomic mass is 19.1. The van der Waals surface area contributed by atoms with E-state index in [-0.39, 0.29) is 24.1 Å². The van der Waals surface area contributed by atoms with Crippen molar-refractivity contribution < 1.29 is 13.6 Å². The molecule has 8 nitrogen and oxygen atoms in total. The van der Waals surface area contributed by atoms with Crippen molar-refractivity contribution in [3.63, 3.8) is 0 Å². The fourth-order valence-electron chi connectivity index (χ4n) is 4.41. The van der Waals surface area contributed by atoms with E-state index in [1.165, 1.54) is 16.8 Å². The number of carbonyl (C=O) groups is 1. The van der Waals surface area contributed by atoms with Crippen LogP contribution in [0.5, 0.6) is 0 Å². The van der Waals surface area contributed by atoms with Crippen LogP contribution in [0.4, 0.5) is 20.4 Å². The highest BCUT2D eigenvalue weighted by Crippen LogP contribution is 2.42. The van der Waals surface area contributed by atoms with Crippen LogP contribution in [0, 0.1) is 17.6 Å². The summed E-state index contributed by atoms with van der Waals surface area (Å²) in [6.45, 7) is 4.50. The summed E-state index contributed by atoms with van der Waals surface area (Å²) in [5.41, 5.74) is 1.00. The molecule has 0 unspecified atom stereocenters. The Morgan fingerprint density at radius 2 is 2.00 bits per heavy atom. The molecule has 0 saturated heterocycles. The highest BCUT2D eigenvalue weighted by molar-refractivity contribution is 6.06. The van der Waals surface area contributed by atoms with E-state index in [0.29, 0.717) is 45.4 Å². The Morgan fingerprint density at radius 1 is 1.20 bits per heavy atom. The van der Waals surface area contributed by atoms with E-state index in [1.807, 2.05) is 13.8 Å². The van der Waals surface area contributed by atoms with Crippen LogP contribution in [0.1, 0.15) is 37.8 Å². The summed E-state index contributed by atoms with van der Waals surface area (Å²) in [7, 11) is 0. The maximum Gasteiger partial charge on any atom is 0.235 e. The van der Waals surface area contributed by atoms with Gasteiger partial charge in [-0.1, -0.05) is 18.2 Å². The zero-order chi connectivity index (χ0) is 24.3. The summed E-state index contributed by atoms with van der Waals surface area (Å²) in [5.74, 6) is 0.694. The number of benzene rings is 1. The number of nitrogens with one attached hydrogen (secondary N) is 2. The van der Waals surface area contributed by atoms with Crippen molar-refractivity contribution >= 4 is 28.6 Å². The Balaban J connectivity index is 1.50. The summed E-state index contributed by atoms with van der Waals surface area (Å²) in [4.78, 5) is 26.2. The third-order valence-corrected chi connectivity index (χ3v) is 6.63. The van der Waals surface area contributed by atoms with Crippen LogP contribution < -0.4 is 10.6 Å². The first kappa shape index (κ1) is 21.6.